The lowest BCUT2D eigenvalue weighted by atomic mass is 10.00. The lowest BCUT2D eigenvalue weighted by Crippen LogP contribution is -2.11. The molecule has 0 spiro atoms. The van der Waals surface area contributed by atoms with E-state index in [2.05, 4.69) is 238 Å². The predicted octanol–water partition coefficient (Wildman–Crippen LogP) is 18.0. The molecule has 14 aromatic rings. The number of fused-ring (bicyclic) bond motifs is 7. The third-order valence-electron chi connectivity index (χ3n) is 14.9. The largest absolute Gasteiger partial charge is 0.497 e. The fraction of sp³-hybridized carbons (Fsp3) is 0.0294. The summed E-state index contributed by atoms with van der Waals surface area (Å²) < 4.78 is 25.7. The summed E-state index contributed by atoms with van der Waals surface area (Å²) >= 11 is 1.25. The van der Waals surface area contributed by atoms with Crippen molar-refractivity contribution in [2.24, 2.45) is 0 Å². The smallest absolute Gasteiger partial charge is 0.129 e. The quantitative estimate of drug-likeness (QED) is 0.129. The Morgan fingerprint density at radius 3 is 1.29 bits per heavy atom. The highest BCUT2D eigenvalue weighted by Crippen LogP contribution is 2.44. The molecule has 0 saturated carbocycles. The molecule has 0 aliphatic heterocycles. The summed E-state index contributed by atoms with van der Waals surface area (Å²) in [7, 11) is 3.40. The van der Waals surface area contributed by atoms with Gasteiger partial charge in [0.15, 0.2) is 0 Å². The molecule has 7 nitrogen and oxygen atoms in total. The lowest BCUT2D eigenvalue weighted by Gasteiger charge is -2.26. The molecular formula is C68H47N5O2S. The zero-order valence-corrected chi connectivity index (χ0v) is 42.4. The molecule has 3 heterocycles. The summed E-state index contributed by atoms with van der Waals surface area (Å²) in [5, 5.41) is 4.83. The number of hydrogen-bond acceptors (Lipinski definition) is 6. The van der Waals surface area contributed by atoms with Crippen LogP contribution in [0.25, 0.3) is 111 Å². The summed E-state index contributed by atoms with van der Waals surface area (Å²) in [6.07, 6.45) is 0. The van der Waals surface area contributed by atoms with Crippen LogP contribution in [0.3, 0.4) is 0 Å². The average molecular weight is 998 g/mol. The SMILES string of the molecule is COc1ccc(-c2ccc3c(c2)c2cc(-c4ccc(OC)cc4)ccc2n3-c2ccc(-c3ccc(N(c4ccc(-c5ccccc5)cc4)c4ccc(-n5c6ccccc6c6ccccc65)cc4)c4nsnc34)cc2)cc1. The molecule has 0 atom stereocenters. The zero-order valence-electron chi connectivity index (χ0n) is 41.6. The van der Waals surface area contributed by atoms with Gasteiger partial charge in [-0.3, -0.25) is 0 Å². The monoisotopic (exact) mass is 997 g/mol. The second-order valence-electron chi connectivity index (χ2n) is 19.0. The van der Waals surface area contributed by atoms with Gasteiger partial charge in [0, 0.05) is 49.9 Å². The van der Waals surface area contributed by atoms with Crippen molar-refractivity contribution in [2.45, 2.75) is 0 Å². The van der Waals surface area contributed by atoms with Crippen LogP contribution in [0.1, 0.15) is 0 Å². The molecule has 11 aromatic carbocycles. The van der Waals surface area contributed by atoms with E-state index in [0.717, 1.165) is 101 Å². The van der Waals surface area contributed by atoms with Gasteiger partial charge in [-0.05, 0) is 160 Å². The average Bonchev–Trinajstić information content (AvgIpc) is 4.22. The molecular weight excluding hydrogens is 951 g/mol. The van der Waals surface area contributed by atoms with E-state index in [0.29, 0.717) is 0 Å². The minimum atomic E-state index is 0.835. The molecule has 0 N–H and O–H groups in total. The van der Waals surface area contributed by atoms with Crippen molar-refractivity contribution in [3.8, 4) is 67.4 Å². The molecule has 0 bridgehead atoms. The summed E-state index contributed by atoms with van der Waals surface area (Å²) in [6, 6.07) is 88.9. The molecule has 362 valence electrons. The van der Waals surface area contributed by atoms with E-state index in [1.165, 1.54) is 49.9 Å². The van der Waals surface area contributed by atoms with Crippen LogP contribution in [0.4, 0.5) is 17.1 Å². The molecule has 0 fully saturated rings. The van der Waals surface area contributed by atoms with Crippen LogP contribution in [-0.4, -0.2) is 32.1 Å². The van der Waals surface area contributed by atoms with Crippen molar-refractivity contribution in [2.75, 3.05) is 19.1 Å². The molecule has 0 amide bonds. The Balaban J connectivity index is 0.856. The van der Waals surface area contributed by atoms with Gasteiger partial charge in [-0.25, -0.2) is 0 Å². The Kier molecular flexibility index (Phi) is 11.0. The maximum absolute atomic E-state index is 5.48. The molecule has 0 saturated heterocycles. The molecule has 0 unspecified atom stereocenters. The fourth-order valence-electron chi connectivity index (χ4n) is 11.1. The van der Waals surface area contributed by atoms with E-state index in [4.69, 9.17) is 18.2 Å². The summed E-state index contributed by atoms with van der Waals surface area (Å²) in [6.45, 7) is 0. The number of benzene rings is 11. The van der Waals surface area contributed by atoms with Crippen LogP contribution >= 0.6 is 11.7 Å². The highest BCUT2D eigenvalue weighted by atomic mass is 32.1. The third kappa shape index (κ3) is 7.65. The molecule has 76 heavy (non-hydrogen) atoms. The summed E-state index contributed by atoms with van der Waals surface area (Å²) in [5.74, 6) is 1.67. The van der Waals surface area contributed by atoms with Crippen molar-refractivity contribution in [3.05, 3.63) is 249 Å². The van der Waals surface area contributed by atoms with Gasteiger partial charge in [0.25, 0.3) is 0 Å². The first kappa shape index (κ1) is 44.9. The van der Waals surface area contributed by atoms with Gasteiger partial charge in [0.05, 0.1) is 53.7 Å². The number of hydrogen-bond donors (Lipinski definition) is 0. The molecule has 0 aliphatic carbocycles. The molecule has 0 radical (unpaired) electrons. The van der Waals surface area contributed by atoms with Crippen LogP contribution in [0.5, 0.6) is 11.5 Å². The van der Waals surface area contributed by atoms with Gasteiger partial charge >= 0.3 is 0 Å². The number of para-hydroxylation sites is 2. The van der Waals surface area contributed by atoms with Crippen LogP contribution < -0.4 is 14.4 Å². The van der Waals surface area contributed by atoms with Crippen molar-refractivity contribution in [1.29, 1.82) is 0 Å². The Hall–Kier alpha value is -9.76. The van der Waals surface area contributed by atoms with E-state index in [-0.39, 0.29) is 0 Å². The minimum Gasteiger partial charge on any atom is -0.497 e. The van der Waals surface area contributed by atoms with Gasteiger partial charge in [-0.2, -0.15) is 8.75 Å². The fourth-order valence-corrected chi connectivity index (χ4v) is 11.7. The second kappa shape index (κ2) is 18.6. The topological polar surface area (TPSA) is 57.3 Å². The maximum Gasteiger partial charge on any atom is 0.129 e. The van der Waals surface area contributed by atoms with Crippen molar-refractivity contribution in [1.82, 2.24) is 17.9 Å². The predicted molar refractivity (Wildman–Crippen MR) is 316 cm³/mol. The Morgan fingerprint density at radius 2 is 0.750 bits per heavy atom. The first-order chi connectivity index (χ1) is 37.6. The standard InChI is InChI=1S/C68H47N5O2S/c1-74-55-34-20-46(21-35-55)49-24-39-64-60(42-49)61-43-50(47-22-36-56(75-2)37-23-47)25-40-65(61)73(64)53-28-18-48(19-29-53)57-38-41-66(68-67(57)69-76-70-68)71(51-26-16-45(17-27-51)44-10-4-3-5-11-44)52-30-32-54(33-31-52)72-62-14-8-6-12-58(62)59-13-7-9-15-63(59)72/h3-43H,1-2H3. The van der Waals surface area contributed by atoms with Crippen LogP contribution in [0, 0.1) is 0 Å². The number of anilines is 3. The van der Waals surface area contributed by atoms with Crippen molar-refractivity contribution < 1.29 is 9.47 Å². The van der Waals surface area contributed by atoms with Gasteiger partial charge in [-0.1, -0.05) is 127 Å². The molecule has 14 rings (SSSR count). The van der Waals surface area contributed by atoms with E-state index >= 15 is 0 Å². The number of ether oxygens (including phenoxy) is 2. The number of nitrogens with zero attached hydrogens (tertiary/aromatic N) is 5. The number of methoxy groups -OCH3 is 2. The van der Waals surface area contributed by atoms with Gasteiger partial charge in [0.1, 0.15) is 22.5 Å². The van der Waals surface area contributed by atoms with Gasteiger partial charge in [-0.15, -0.1) is 0 Å². The lowest BCUT2D eigenvalue weighted by molar-refractivity contribution is 0.415. The normalized spacial score (nSPS) is 11.6. The van der Waals surface area contributed by atoms with Crippen molar-refractivity contribution >= 4 is 83.4 Å². The second-order valence-corrected chi connectivity index (χ2v) is 19.6. The Morgan fingerprint density at radius 1 is 0.342 bits per heavy atom. The highest BCUT2D eigenvalue weighted by Gasteiger charge is 2.22. The number of rotatable bonds is 11. The van der Waals surface area contributed by atoms with E-state index in [1.807, 2.05) is 24.3 Å². The third-order valence-corrected chi connectivity index (χ3v) is 15.4. The van der Waals surface area contributed by atoms with Crippen LogP contribution in [-0.2, 0) is 0 Å². The molecule has 8 heteroatoms. The van der Waals surface area contributed by atoms with E-state index in [1.54, 1.807) is 14.2 Å². The maximum atomic E-state index is 5.48. The van der Waals surface area contributed by atoms with Gasteiger partial charge < -0.3 is 23.5 Å². The van der Waals surface area contributed by atoms with E-state index < -0.39 is 0 Å². The first-order valence-electron chi connectivity index (χ1n) is 25.4. The summed E-state index contributed by atoms with van der Waals surface area (Å²) in [4.78, 5) is 2.31. The first-order valence-corrected chi connectivity index (χ1v) is 26.1. The Bertz CT molecular complexity index is 4290. The minimum absolute atomic E-state index is 0.835. The van der Waals surface area contributed by atoms with Crippen LogP contribution in [0.2, 0.25) is 0 Å². The number of aromatic nitrogens is 4. The van der Waals surface area contributed by atoms with Crippen molar-refractivity contribution in [3.63, 3.8) is 0 Å². The molecule has 0 aliphatic rings. The molecule has 3 aromatic heterocycles. The van der Waals surface area contributed by atoms with Gasteiger partial charge in [0.2, 0.25) is 0 Å². The Labute approximate surface area is 443 Å². The van der Waals surface area contributed by atoms with E-state index in [9.17, 15) is 0 Å². The summed E-state index contributed by atoms with van der Waals surface area (Å²) in [5.41, 5.74) is 20.4. The van der Waals surface area contributed by atoms with Crippen LogP contribution in [0.15, 0.2) is 249 Å². The zero-order chi connectivity index (χ0) is 50.7. The highest BCUT2D eigenvalue weighted by molar-refractivity contribution is 7.00.